The maximum absolute atomic E-state index is 11.5. The molecular formula is C14H21BrN2O2S. The van der Waals surface area contributed by atoms with Gasteiger partial charge in [0.05, 0.1) is 6.61 Å². The lowest BCUT2D eigenvalue weighted by Crippen LogP contribution is -2.38. The van der Waals surface area contributed by atoms with E-state index in [0.29, 0.717) is 6.61 Å². The highest BCUT2D eigenvalue weighted by Gasteiger charge is 2.18. The highest BCUT2D eigenvalue weighted by molar-refractivity contribution is 9.10. The van der Waals surface area contributed by atoms with Crippen LogP contribution < -0.4 is 10.2 Å². The second-order valence-corrected chi connectivity index (χ2v) is 7.39. The topological polar surface area (TPSA) is 41.6 Å². The molecule has 1 heterocycles. The first kappa shape index (κ1) is 15.9. The Hall–Kier alpha value is -0.430. The SMILES string of the molecule is COCCNCc1ccc(Br)cc1N1CCS(=O)CC1. The zero-order valence-electron chi connectivity index (χ0n) is 11.7. The molecular weight excluding hydrogens is 340 g/mol. The number of benzene rings is 1. The van der Waals surface area contributed by atoms with E-state index >= 15 is 0 Å². The fraction of sp³-hybridized carbons (Fsp3) is 0.571. The third-order valence-corrected chi connectivity index (χ3v) is 5.13. The molecule has 4 nitrogen and oxygen atoms in total. The molecule has 6 heteroatoms. The minimum atomic E-state index is -0.640. The average Bonchev–Trinajstić information content (AvgIpc) is 2.46. The quantitative estimate of drug-likeness (QED) is 0.784. The normalized spacial score (nSPS) is 16.6. The van der Waals surface area contributed by atoms with E-state index in [4.69, 9.17) is 4.74 Å². The van der Waals surface area contributed by atoms with Crippen LogP contribution in [0, 0.1) is 0 Å². The van der Waals surface area contributed by atoms with Crippen LogP contribution in [0.4, 0.5) is 5.69 Å². The summed E-state index contributed by atoms with van der Waals surface area (Å²) in [6, 6.07) is 6.37. The van der Waals surface area contributed by atoms with Crippen molar-refractivity contribution in [1.29, 1.82) is 0 Å². The monoisotopic (exact) mass is 360 g/mol. The van der Waals surface area contributed by atoms with Gasteiger partial charge in [-0.2, -0.15) is 0 Å². The summed E-state index contributed by atoms with van der Waals surface area (Å²) in [5, 5.41) is 3.38. The largest absolute Gasteiger partial charge is 0.383 e. The number of methoxy groups -OCH3 is 1. The number of anilines is 1. The van der Waals surface area contributed by atoms with Crippen molar-refractivity contribution in [2.24, 2.45) is 0 Å². The number of nitrogens with one attached hydrogen (secondary N) is 1. The fourth-order valence-electron chi connectivity index (χ4n) is 2.26. The Bertz CT molecular complexity index is 460. The van der Waals surface area contributed by atoms with Gasteiger partial charge >= 0.3 is 0 Å². The average molecular weight is 361 g/mol. The molecule has 0 aliphatic carbocycles. The summed E-state index contributed by atoms with van der Waals surface area (Å²) in [5.74, 6) is 1.53. The molecule has 20 heavy (non-hydrogen) atoms. The molecule has 0 bridgehead atoms. The van der Waals surface area contributed by atoms with Crippen molar-refractivity contribution in [3.8, 4) is 0 Å². The minimum absolute atomic E-state index is 0.640. The molecule has 0 radical (unpaired) electrons. The first-order chi connectivity index (χ1) is 9.70. The molecule has 1 N–H and O–H groups in total. The third-order valence-electron chi connectivity index (χ3n) is 3.36. The summed E-state index contributed by atoms with van der Waals surface area (Å²) >= 11 is 3.54. The molecule has 1 aliphatic heterocycles. The van der Waals surface area contributed by atoms with Crippen molar-refractivity contribution in [2.45, 2.75) is 6.54 Å². The van der Waals surface area contributed by atoms with Crippen LogP contribution in [0.15, 0.2) is 22.7 Å². The highest BCUT2D eigenvalue weighted by Crippen LogP contribution is 2.26. The lowest BCUT2D eigenvalue weighted by atomic mass is 10.1. The van der Waals surface area contributed by atoms with Gasteiger partial charge in [0.15, 0.2) is 0 Å². The van der Waals surface area contributed by atoms with Crippen LogP contribution in [-0.4, -0.2) is 49.1 Å². The standard InChI is InChI=1S/C14H21BrN2O2S/c1-19-7-4-16-11-12-2-3-13(15)10-14(12)17-5-8-20(18)9-6-17/h2-3,10,16H,4-9,11H2,1H3. The van der Waals surface area contributed by atoms with Gasteiger partial charge in [0.1, 0.15) is 0 Å². The summed E-state index contributed by atoms with van der Waals surface area (Å²) in [7, 11) is 1.07. The van der Waals surface area contributed by atoms with Gasteiger partial charge in [-0.1, -0.05) is 22.0 Å². The second-order valence-electron chi connectivity index (χ2n) is 4.78. The summed E-state index contributed by atoms with van der Waals surface area (Å²) in [5.41, 5.74) is 2.51. The Balaban J connectivity index is 2.05. The van der Waals surface area contributed by atoms with Crippen molar-refractivity contribution >= 4 is 32.4 Å². The second kappa shape index (κ2) is 8.12. The summed E-state index contributed by atoms with van der Waals surface area (Å²) < 4.78 is 17.6. The zero-order chi connectivity index (χ0) is 14.4. The molecule has 1 aromatic carbocycles. The molecule has 1 fully saturated rings. The van der Waals surface area contributed by atoms with Crippen LogP contribution in [0.1, 0.15) is 5.56 Å². The van der Waals surface area contributed by atoms with Gasteiger partial charge in [-0.05, 0) is 17.7 Å². The van der Waals surface area contributed by atoms with E-state index in [-0.39, 0.29) is 0 Å². The van der Waals surface area contributed by atoms with Gasteiger partial charge in [-0.3, -0.25) is 4.21 Å². The first-order valence-corrected chi connectivity index (χ1v) is 9.07. The van der Waals surface area contributed by atoms with Gasteiger partial charge in [-0.25, -0.2) is 0 Å². The Labute approximate surface area is 131 Å². The maximum Gasteiger partial charge on any atom is 0.0587 e. The number of hydrogen-bond acceptors (Lipinski definition) is 4. The van der Waals surface area contributed by atoms with Gasteiger partial charge < -0.3 is 15.0 Å². The Kier molecular flexibility index (Phi) is 6.48. The number of nitrogens with zero attached hydrogens (tertiary/aromatic N) is 1. The van der Waals surface area contributed by atoms with Crippen molar-refractivity contribution in [2.75, 3.05) is 49.8 Å². The van der Waals surface area contributed by atoms with Crippen LogP contribution in [0.5, 0.6) is 0 Å². The maximum atomic E-state index is 11.5. The number of ether oxygens (including phenoxy) is 1. The van der Waals surface area contributed by atoms with Crippen molar-refractivity contribution in [3.05, 3.63) is 28.2 Å². The Morgan fingerprint density at radius 1 is 1.40 bits per heavy atom. The number of halogens is 1. The van der Waals surface area contributed by atoms with Crippen LogP contribution in [0.3, 0.4) is 0 Å². The predicted octanol–water partition coefficient (Wildman–Crippen LogP) is 1.75. The van der Waals surface area contributed by atoms with Crippen molar-refractivity contribution in [1.82, 2.24) is 5.32 Å². The molecule has 0 unspecified atom stereocenters. The fourth-order valence-corrected chi connectivity index (χ4v) is 3.66. The molecule has 2 rings (SSSR count). The van der Waals surface area contributed by atoms with E-state index in [1.807, 2.05) is 0 Å². The van der Waals surface area contributed by atoms with E-state index in [1.54, 1.807) is 7.11 Å². The molecule has 0 spiro atoms. The summed E-state index contributed by atoms with van der Waals surface area (Å²) in [4.78, 5) is 2.33. The van der Waals surface area contributed by atoms with E-state index in [0.717, 1.165) is 42.2 Å². The molecule has 1 saturated heterocycles. The first-order valence-electron chi connectivity index (χ1n) is 6.78. The van der Waals surface area contributed by atoms with Gasteiger partial charge in [0.25, 0.3) is 0 Å². The van der Waals surface area contributed by atoms with Crippen molar-refractivity contribution in [3.63, 3.8) is 0 Å². The summed E-state index contributed by atoms with van der Waals surface area (Å²) in [6.45, 7) is 4.12. The van der Waals surface area contributed by atoms with Gasteiger partial charge in [0, 0.05) is 65.8 Å². The van der Waals surface area contributed by atoms with Crippen LogP contribution in [0.2, 0.25) is 0 Å². The summed E-state index contributed by atoms with van der Waals surface area (Å²) in [6.07, 6.45) is 0. The van der Waals surface area contributed by atoms with Crippen LogP contribution >= 0.6 is 15.9 Å². The van der Waals surface area contributed by atoms with E-state index in [2.05, 4.69) is 44.3 Å². The zero-order valence-corrected chi connectivity index (χ0v) is 14.1. The van der Waals surface area contributed by atoms with E-state index in [1.165, 1.54) is 11.3 Å². The molecule has 0 amide bonds. The molecule has 1 aromatic rings. The van der Waals surface area contributed by atoms with Gasteiger partial charge in [-0.15, -0.1) is 0 Å². The molecule has 1 aliphatic rings. The minimum Gasteiger partial charge on any atom is -0.383 e. The molecule has 0 aromatic heterocycles. The number of rotatable bonds is 6. The van der Waals surface area contributed by atoms with E-state index < -0.39 is 10.8 Å². The van der Waals surface area contributed by atoms with Gasteiger partial charge in [0.2, 0.25) is 0 Å². The highest BCUT2D eigenvalue weighted by atomic mass is 79.9. The Morgan fingerprint density at radius 3 is 2.85 bits per heavy atom. The lowest BCUT2D eigenvalue weighted by molar-refractivity contribution is 0.199. The van der Waals surface area contributed by atoms with Crippen molar-refractivity contribution < 1.29 is 8.95 Å². The Morgan fingerprint density at radius 2 is 2.15 bits per heavy atom. The van der Waals surface area contributed by atoms with E-state index in [9.17, 15) is 4.21 Å². The number of hydrogen-bond donors (Lipinski definition) is 1. The molecule has 112 valence electrons. The molecule has 0 atom stereocenters. The predicted molar refractivity (Wildman–Crippen MR) is 87.8 cm³/mol. The lowest BCUT2D eigenvalue weighted by Gasteiger charge is -2.30. The van der Waals surface area contributed by atoms with Crippen LogP contribution in [0.25, 0.3) is 0 Å². The smallest absolute Gasteiger partial charge is 0.0587 e. The third kappa shape index (κ3) is 4.55. The van der Waals surface area contributed by atoms with Crippen LogP contribution in [-0.2, 0) is 22.1 Å². The molecule has 0 saturated carbocycles.